The van der Waals surface area contributed by atoms with Crippen molar-refractivity contribution in [2.75, 3.05) is 5.32 Å². The second-order valence-electron chi connectivity index (χ2n) is 3.89. The van der Waals surface area contributed by atoms with Crippen molar-refractivity contribution in [2.24, 2.45) is 0 Å². The summed E-state index contributed by atoms with van der Waals surface area (Å²) in [6, 6.07) is 5.17. The minimum Gasteiger partial charge on any atom is -0.368 e. The van der Waals surface area contributed by atoms with Gasteiger partial charge in [-0.1, -0.05) is 32.3 Å². The van der Waals surface area contributed by atoms with Gasteiger partial charge in [0.25, 0.3) is 0 Å². The topological polar surface area (TPSA) is 24.9 Å². The lowest BCUT2D eigenvalue weighted by Gasteiger charge is -2.13. The van der Waals surface area contributed by atoms with E-state index < -0.39 is 5.95 Å². The number of nitrogens with zero attached hydrogens (tertiary/aromatic N) is 1. The Hall–Kier alpha value is -1.12. The summed E-state index contributed by atoms with van der Waals surface area (Å²) < 4.78 is 12.8. The number of nitrogens with one attached hydrogen (secondary N) is 1. The number of anilines is 1. The Morgan fingerprint density at radius 2 is 2.20 bits per heavy atom. The van der Waals surface area contributed by atoms with E-state index in [1.165, 1.54) is 25.3 Å². The van der Waals surface area contributed by atoms with E-state index in [0.29, 0.717) is 11.9 Å². The van der Waals surface area contributed by atoms with E-state index in [2.05, 4.69) is 24.1 Å². The summed E-state index contributed by atoms with van der Waals surface area (Å²) in [4.78, 5) is 3.76. The Labute approximate surface area is 90.9 Å². The van der Waals surface area contributed by atoms with Crippen LogP contribution in [-0.2, 0) is 0 Å². The number of halogens is 1. The van der Waals surface area contributed by atoms with Gasteiger partial charge in [-0.3, -0.25) is 0 Å². The normalized spacial score (nSPS) is 12.5. The van der Waals surface area contributed by atoms with Crippen LogP contribution >= 0.6 is 0 Å². The van der Waals surface area contributed by atoms with Gasteiger partial charge in [0.15, 0.2) is 0 Å². The lowest BCUT2D eigenvalue weighted by Crippen LogP contribution is -2.15. The molecule has 0 aliphatic heterocycles. The molecule has 0 aromatic carbocycles. The smallest absolute Gasteiger partial charge is 0.214 e. The molecule has 1 unspecified atom stereocenters. The van der Waals surface area contributed by atoms with Gasteiger partial charge in [-0.2, -0.15) is 4.39 Å². The third-order valence-electron chi connectivity index (χ3n) is 2.35. The van der Waals surface area contributed by atoms with E-state index in [-0.39, 0.29) is 0 Å². The predicted molar refractivity (Wildman–Crippen MR) is 61.4 cm³/mol. The predicted octanol–water partition coefficient (Wildman–Crippen LogP) is 3.60. The Morgan fingerprint density at radius 3 is 2.87 bits per heavy atom. The molecule has 0 radical (unpaired) electrons. The van der Waals surface area contributed by atoms with E-state index in [4.69, 9.17) is 0 Å². The zero-order valence-corrected chi connectivity index (χ0v) is 9.46. The van der Waals surface area contributed by atoms with Gasteiger partial charge >= 0.3 is 0 Å². The summed E-state index contributed by atoms with van der Waals surface area (Å²) in [6.07, 6.45) is 4.79. The maximum atomic E-state index is 12.8. The fourth-order valence-corrected chi connectivity index (χ4v) is 1.51. The zero-order valence-electron chi connectivity index (χ0n) is 9.46. The fourth-order valence-electron chi connectivity index (χ4n) is 1.51. The summed E-state index contributed by atoms with van der Waals surface area (Å²) in [7, 11) is 0. The molecule has 0 aliphatic carbocycles. The average Bonchev–Trinajstić information content (AvgIpc) is 2.18. The van der Waals surface area contributed by atoms with Gasteiger partial charge in [-0.25, -0.2) is 4.98 Å². The number of pyridine rings is 1. The Morgan fingerprint density at radius 1 is 1.40 bits per heavy atom. The molecule has 0 saturated carbocycles. The molecule has 2 nitrogen and oxygen atoms in total. The van der Waals surface area contributed by atoms with Gasteiger partial charge in [0.2, 0.25) is 5.95 Å². The van der Waals surface area contributed by atoms with Crippen LogP contribution in [0.2, 0.25) is 0 Å². The summed E-state index contributed by atoms with van der Waals surface area (Å²) in [5.41, 5.74) is 0. The molecule has 3 heteroatoms. The average molecular weight is 210 g/mol. The minimum atomic E-state index is -0.430. The minimum absolute atomic E-state index is 0.353. The third-order valence-corrected chi connectivity index (χ3v) is 2.35. The Balaban J connectivity index is 2.34. The molecule has 1 rings (SSSR count). The first-order valence-electron chi connectivity index (χ1n) is 5.61. The van der Waals surface area contributed by atoms with Crippen LogP contribution in [0.15, 0.2) is 18.2 Å². The largest absolute Gasteiger partial charge is 0.368 e. The van der Waals surface area contributed by atoms with Crippen LogP contribution in [0.25, 0.3) is 0 Å². The van der Waals surface area contributed by atoms with Crippen molar-refractivity contribution in [1.29, 1.82) is 0 Å². The number of rotatable bonds is 6. The van der Waals surface area contributed by atoms with Crippen molar-refractivity contribution >= 4 is 5.82 Å². The molecule has 1 aromatic rings. The van der Waals surface area contributed by atoms with Crippen LogP contribution in [-0.4, -0.2) is 11.0 Å². The highest BCUT2D eigenvalue weighted by atomic mass is 19.1. The highest BCUT2D eigenvalue weighted by molar-refractivity contribution is 5.34. The third kappa shape index (κ3) is 4.77. The number of aromatic nitrogens is 1. The molecule has 0 aliphatic rings. The van der Waals surface area contributed by atoms with Gasteiger partial charge in [0, 0.05) is 6.04 Å². The summed E-state index contributed by atoms with van der Waals surface area (Å²) in [5, 5.41) is 3.19. The van der Waals surface area contributed by atoms with Crippen molar-refractivity contribution in [1.82, 2.24) is 4.98 Å². The van der Waals surface area contributed by atoms with Crippen LogP contribution in [0.1, 0.15) is 39.5 Å². The molecule has 0 amide bonds. The van der Waals surface area contributed by atoms with Crippen LogP contribution in [0, 0.1) is 5.95 Å². The van der Waals surface area contributed by atoms with Crippen molar-refractivity contribution in [3.8, 4) is 0 Å². The van der Waals surface area contributed by atoms with Crippen molar-refractivity contribution in [3.63, 3.8) is 0 Å². The van der Waals surface area contributed by atoms with Crippen molar-refractivity contribution in [2.45, 2.75) is 45.6 Å². The molecule has 1 atom stereocenters. The monoisotopic (exact) mass is 210 g/mol. The molecule has 1 aromatic heterocycles. The van der Waals surface area contributed by atoms with Crippen molar-refractivity contribution in [3.05, 3.63) is 24.1 Å². The van der Waals surface area contributed by atoms with Gasteiger partial charge in [-0.15, -0.1) is 0 Å². The van der Waals surface area contributed by atoms with Gasteiger partial charge < -0.3 is 5.32 Å². The van der Waals surface area contributed by atoms with E-state index in [1.807, 2.05) is 0 Å². The highest BCUT2D eigenvalue weighted by Crippen LogP contribution is 2.09. The molecule has 15 heavy (non-hydrogen) atoms. The molecule has 1 N–H and O–H groups in total. The summed E-state index contributed by atoms with van der Waals surface area (Å²) >= 11 is 0. The number of hydrogen-bond donors (Lipinski definition) is 1. The van der Waals surface area contributed by atoms with Crippen LogP contribution < -0.4 is 5.32 Å². The fraction of sp³-hybridized carbons (Fsp3) is 0.583. The number of hydrogen-bond acceptors (Lipinski definition) is 2. The zero-order chi connectivity index (χ0) is 11.1. The molecule has 0 bridgehead atoms. The molecular formula is C12H19FN2. The van der Waals surface area contributed by atoms with E-state index >= 15 is 0 Å². The summed E-state index contributed by atoms with van der Waals surface area (Å²) in [5.74, 6) is 0.194. The molecule has 0 spiro atoms. The van der Waals surface area contributed by atoms with Crippen LogP contribution in [0.5, 0.6) is 0 Å². The first kappa shape index (κ1) is 12.0. The second kappa shape index (κ2) is 6.38. The molecule has 0 saturated heterocycles. The van der Waals surface area contributed by atoms with E-state index in [1.54, 1.807) is 12.1 Å². The lowest BCUT2D eigenvalue weighted by molar-refractivity contribution is 0.579. The van der Waals surface area contributed by atoms with E-state index in [0.717, 1.165) is 6.42 Å². The molecule has 1 heterocycles. The SMILES string of the molecule is CCCCCC(C)Nc1cccc(F)n1. The summed E-state index contributed by atoms with van der Waals surface area (Å²) in [6.45, 7) is 4.29. The highest BCUT2D eigenvalue weighted by Gasteiger charge is 2.02. The Kier molecular flexibility index (Phi) is 5.08. The lowest BCUT2D eigenvalue weighted by atomic mass is 10.1. The quantitative estimate of drug-likeness (QED) is 0.573. The van der Waals surface area contributed by atoms with Crippen LogP contribution in [0.3, 0.4) is 0 Å². The van der Waals surface area contributed by atoms with Crippen LogP contribution in [0.4, 0.5) is 10.2 Å². The van der Waals surface area contributed by atoms with Crippen molar-refractivity contribution < 1.29 is 4.39 Å². The van der Waals surface area contributed by atoms with E-state index in [9.17, 15) is 4.39 Å². The van der Waals surface area contributed by atoms with Gasteiger partial charge in [-0.05, 0) is 25.5 Å². The first-order valence-corrected chi connectivity index (χ1v) is 5.61. The van der Waals surface area contributed by atoms with Gasteiger partial charge in [0.1, 0.15) is 5.82 Å². The molecule has 84 valence electrons. The maximum absolute atomic E-state index is 12.8. The molecule has 0 fully saturated rings. The second-order valence-corrected chi connectivity index (χ2v) is 3.89. The Bertz CT molecular complexity index is 289. The number of unbranched alkanes of at least 4 members (excludes halogenated alkanes) is 2. The maximum Gasteiger partial charge on any atom is 0.214 e. The van der Waals surface area contributed by atoms with Gasteiger partial charge in [0.05, 0.1) is 0 Å². The molecular weight excluding hydrogens is 191 g/mol. The first-order chi connectivity index (χ1) is 7.22. The standard InChI is InChI=1S/C12H19FN2/c1-3-4-5-7-10(2)14-12-9-6-8-11(13)15-12/h6,8-10H,3-5,7H2,1-2H3,(H,14,15).